The molecule has 2 N–H and O–H groups in total. The van der Waals surface area contributed by atoms with E-state index in [9.17, 15) is 4.79 Å². The number of hydrogen-bond acceptors (Lipinski definition) is 7. The molecule has 1 aromatic heterocycles. The smallest absolute Gasteiger partial charge is 0.255 e. The minimum atomic E-state index is -0.578. The van der Waals surface area contributed by atoms with Crippen molar-refractivity contribution >= 4 is 33.5 Å². The van der Waals surface area contributed by atoms with Crippen LogP contribution in [0.4, 0.5) is 11.6 Å². The van der Waals surface area contributed by atoms with Crippen molar-refractivity contribution in [2.24, 2.45) is 0 Å². The Morgan fingerprint density at radius 1 is 1.08 bits per heavy atom. The van der Waals surface area contributed by atoms with E-state index in [1.807, 2.05) is 80.6 Å². The maximum Gasteiger partial charge on any atom is 0.255 e. The van der Waals surface area contributed by atoms with Crippen LogP contribution in [0.1, 0.15) is 29.7 Å². The largest absolute Gasteiger partial charge is 0.493 e. The van der Waals surface area contributed by atoms with Crippen molar-refractivity contribution in [1.29, 1.82) is 0 Å². The maximum absolute atomic E-state index is 13.6. The zero-order chi connectivity index (χ0) is 25.9. The van der Waals surface area contributed by atoms with Gasteiger partial charge in [0.25, 0.3) is 5.91 Å². The van der Waals surface area contributed by atoms with Crippen LogP contribution < -0.4 is 20.1 Å². The molecule has 10 heteroatoms. The number of aromatic nitrogens is 4. The molecule has 2 heterocycles. The van der Waals surface area contributed by atoms with Gasteiger partial charge < -0.3 is 20.1 Å². The Kier molecular flexibility index (Phi) is 6.91. The molecule has 1 unspecified atom stereocenters. The maximum atomic E-state index is 13.6. The average Bonchev–Trinajstić information content (AvgIpc) is 3.35. The quantitative estimate of drug-likeness (QED) is 0.317. The normalized spacial score (nSPS) is 14.5. The standard InChI is InChI=1S/C27H25BrN6O3/c1-16-5-4-6-21(13-16)30-26(35)24-17(2)29-27-31-32-33-34(27)25(24)19-9-12-22(23(14-19)36-3)37-15-18-7-10-20(28)11-8-18/h4-14,25H,15H2,1-3H3,(H,30,35)(H,29,31,33). The summed E-state index contributed by atoms with van der Waals surface area (Å²) in [7, 11) is 1.59. The Morgan fingerprint density at radius 2 is 1.89 bits per heavy atom. The number of halogens is 1. The summed E-state index contributed by atoms with van der Waals surface area (Å²) in [5.41, 5.74) is 4.71. The second-order valence-electron chi connectivity index (χ2n) is 8.66. The summed E-state index contributed by atoms with van der Waals surface area (Å²) in [4.78, 5) is 13.6. The Balaban J connectivity index is 1.47. The summed E-state index contributed by atoms with van der Waals surface area (Å²) in [5.74, 6) is 1.32. The minimum absolute atomic E-state index is 0.253. The summed E-state index contributed by atoms with van der Waals surface area (Å²) in [6.45, 7) is 4.20. The molecule has 188 valence electrons. The van der Waals surface area contributed by atoms with E-state index >= 15 is 0 Å². The van der Waals surface area contributed by atoms with Crippen molar-refractivity contribution < 1.29 is 14.3 Å². The van der Waals surface area contributed by atoms with Crippen LogP contribution in [-0.4, -0.2) is 33.2 Å². The second-order valence-corrected chi connectivity index (χ2v) is 9.58. The number of methoxy groups -OCH3 is 1. The van der Waals surface area contributed by atoms with Crippen LogP contribution in [0, 0.1) is 6.92 Å². The van der Waals surface area contributed by atoms with E-state index in [0.29, 0.717) is 41.0 Å². The van der Waals surface area contributed by atoms with Gasteiger partial charge in [-0.2, -0.15) is 4.68 Å². The SMILES string of the molecule is COc1cc(C2C(C(=O)Nc3cccc(C)c3)=C(C)Nc3nnnn32)ccc1OCc1ccc(Br)cc1. The number of aryl methyl sites for hydroxylation is 1. The van der Waals surface area contributed by atoms with Crippen molar-refractivity contribution in [1.82, 2.24) is 20.2 Å². The van der Waals surface area contributed by atoms with Crippen molar-refractivity contribution in [2.45, 2.75) is 26.5 Å². The van der Waals surface area contributed by atoms with E-state index in [2.05, 4.69) is 42.1 Å². The molecule has 0 saturated carbocycles. The molecule has 1 amide bonds. The zero-order valence-corrected chi connectivity index (χ0v) is 22.1. The Hall–Kier alpha value is -4.18. The first-order valence-electron chi connectivity index (χ1n) is 11.6. The highest BCUT2D eigenvalue weighted by atomic mass is 79.9. The van der Waals surface area contributed by atoms with Gasteiger partial charge in [-0.25, -0.2) is 0 Å². The van der Waals surface area contributed by atoms with Gasteiger partial charge in [-0.05, 0) is 77.4 Å². The Bertz CT molecular complexity index is 1480. The molecule has 5 rings (SSSR count). The molecule has 1 aliphatic heterocycles. The van der Waals surface area contributed by atoms with Crippen LogP contribution in [0.5, 0.6) is 11.5 Å². The number of nitrogens with zero attached hydrogens (tertiary/aromatic N) is 4. The van der Waals surface area contributed by atoms with E-state index < -0.39 is 6.04 Å². The molecule has 1 atom stereocenters. The first-order valence-corrected chi connectivity index (χ1v) is 12.4. The molecule has 0 radical (unpaired) electrons. The number of allylic oxidation sites excluding steroid dienone is 1. The number of tetrazole rings is 1. The number of fused-ring (bicyclic) bond motifs is 1. The molecule has 0 aliphatic carbocycles. The number of ether oxygens (including phenoxy) is 2. The fraction of sp³-hybridized carbons (Fsp3) is 0.185. The highest BCUT2D eigenvalue weighted by Crippen LogP contribution is 2.39. The monoisotopic (exact) mass is 560 g/mol. The molecule has 0 saturated heterocycles. The first kappa shape index (κ1) is 24.5. The van der Waals surface area contributed by atoms with Gasteiger partial charge in [0.15, 0.2) is 11.5 Å². The second kappa shape index (κ2) is 10.4. The van der Waals surface area contributed by atoms with Crippen molar-refractivity contribution in [3.63, 3.8) is 0 Å². The van der Waals surface area contributed by atoms with E-state index in [1.165, 1.54) is 0 Å². The number of carbonyl (C=O) groups is 1. The molecule has 0 bridgehead atoms. The molecule has 0 spiro atoms. The molecule has 9 nitrogen and oxygen atoms in total. The van der Waals surface area contributed by atoms with Gasteiger partial charge in [0, 0.05) is 15.9 Å². The molecule has 3 aromatic carbocycles. The van der Waals surface area contributed by atoms with Crippen molar-refractivity contribution in [2.75, 3.05) is 17.7 Å². The van der Waals surface area contributed by atoms with Gasteiger partial charge in [0.2, 0.25) is 5.95 Å². The molecular weight excluding hydrogens is 536 g/mol. The lowest BCUT2D eigenvalue weighted by Crippen LogP contribution is -2.31. The molecule has 0 fully saturated rings. The van der Waals surface area contributed by atoms with E-state index in [4.69, 9.17) is 9.47 Å². The summed E-state index contributed by atoms with van der Waals surface area (Å²) >= 11 is 3.45. The number of nitrogens with one attached hydrogen (secondary N) is 2. The van der Waals surface area contributed by atoms with E-state index in [0.717, 1.165) is 21.2 Å². The lowest BCUT2D eigenvalue weighted by atomic mass is 9.94. The van der Waals surface area contributed by atoms with Crippen LogP contribution in [0.25, 0.3) is 0 Å². The number of rotatable bonds is 7. The van der Waals surface area contributed by atoms with Gasteiger partial charge in [-0.1, -0.05) is 51.4 Å². The van der Waals surface area contributed by atoms with E-state index in [-0.39, 0.29) is 5.91 Å². The van der Waals surface area contributed by atoms with Crippen LogP contribution in [0.3, 0.4) is 0 Å². The summed E-state index contributed by atoms with van der Waals surface area (Å²) < 4.78 is 14.3. The fourth-order valence-corrected chi connectivity index (χ4v) is 4.52. The van der Waals surface area contributed by atoms with Crippen molar-refractivity contribution in [3.8, 4) is 11.5 Å². The highest BCUT2D eigenvalue weighted by Gasteiger charge is 2.34. The Labute approximate surface area is 222 Å². The third-order valence-corrected chi connectivity index (χ3v) is 6.57. The van der Waals surface area contributed by atoms with Gasteiger partial charge in [-0.3, -0.25) is 4.79 Å². The third-order valence-electron chi connectivity index (χ3n) is 6.05. The lowest BCUT2D eigenvalue weighted by Gasteiger charge is -2.28. The number of amides is 1. The van der Waals surface area contributed by atoms with Crippen LogP contribution >= 0.6 is 15.9 Å². The molecular formula is C27H25BrN6O3. The predicted molar refractivity (Wildman–Crippen MR) is 144 cm³/mol. The van der Waals surface area contributed by atoms with Gasteiger partial charge in [0.1, 0.15) is 12.6 Å². The van der Waals surface area contributed by atoms with Crippen LogP contribution in [-0.2, 0) is 11.4 Å². The number of hydrogen-bond donors (Lipinski definition) is 2. The zero-order valence-electron chi connectivity index (χ0n) is 20.5. The predicted octanol–water partition coefficient (Wildman–Crippen LogP) is 5.26. The third kappa shape index (κ3) is 5.19. The van der Waals surface area contributed by atoms with Gasteiger partial charge in [-0.15, -0.1) is 0 Å². The first-order chi connectivity index (χ1) is 17.9. The Morgan fingerprint density at radius 3 is 2.65 bits per heavy atom. The topological polar surface area (TPSA) is 103 Å². The minimum Gasteiger partial charge on any atom is -0.493 e. The fourth-order valence-electron chi connectivity index (χ4n) is 4.25. The number of benzene rings is 3. The highest BCUT2D eigenvalue weighted by molar-refractivity contribution is 9.10. The summed E-state index contributed by atoms with van der Waals surface area (Å²) in [6.07, 6.45) is 0. The van der Waals surface area contributed by atoms with E-state index in [1.54, 1.807) is 11.8 Å². The molecule has 1 aliphatic rings. The van der Waals surface area contributed by atoms with Crippen LogP contribution in [0.15, 0.2) is 82.5 Å². The van der Waals surface area contributed by atoms with Crippen LogP contribution in [0.2, 0.25) is 0 Å². The molecule has 37 heavy (non-hydrogen) atoms. The summed E-state index contributed by atoms with van der Waals surface area (Å²) in [6, 6.07) is 20.6. The van der Waals surface area contributed by atoms with Crippen molar-refractivity contribution in [3.05, 3.63) is 99.2 Å². The van der Waals surface area contributed by atoms with Gasteiger partial charge in [0.05, 0.1) is 12.7 Å². The van der Waals surface area contributed by atoms with Gasteiger partial charge >= 0.3 is 0 Å². The molecule has 4 aromatic rings. The average molecular weight is 561 g/mol. The lowest BCUT2D eigenvalue weighted by molar-refractivity contribution is -0.113. The number of anilines is 2. The summed E-state index contributed by atoms with van der Waals surface area (Å²) in [5, 5.41) is 18.2. The number of carbonyl (C=O) groups excluding carboxylic acids is 1.